The molecule has 146 valence electrons. The molecule has 1 fully saturated rings. The normalized spacial score (nSPS) is 17.0. The fraction of sp³-hybridized carbons (Fsp3) is 0.429. The average Bonchev–Trinajstić information content (AvgIpc) is 2.64. The Morgan fingerprint density at radius 2 is 1.59 bits per heavy atom. The van der Waals surface area contributed by atoms with Crippen LogP contribution in [-0.4, -0.2) is 28.2 Å². The third-order valence-corrected chi connectivity index (χ3v) is 7.13. The topological polar surface area (TPSA) is 55.4 Å². The number of halogens is 1. The van der Waals surface area contributed by atoms with Gasteiger partial charge in [-0.05, 0) is 74.1 Å². The van der Waals surface area contributed by atoms with Gasteiger partial charge in [-0.25, -0.2) is 17.5 Å². The maximum Gasteiger partial charge on any atom is 0.240 e. The van der Waals surface area contributed by atoms with Crippen LogP contribution in [0.25, 0.3) is 0 Å². The smallest absolute Gasteiger partial charge is 0.240 e. The standard InChI is InChI=1S/C21H26FNO3S/c1-15-12-17(3)20(13-16(15)2)27(24,25)23-14-21(8-10-26-11-9-21)18-4-6-19(22)7-5-18/h4-7,12-13,23H,8-11,14H2,1-3H3. The number of sulfonamides is 1. The van der Waals surface area contributed by atoms with Crippen LogP contribution in [0, 0.1) is 26.6 Å². The lowest BCUT2D eigenvalue weighted by molar-refractivity contribution is 0.0517. The Labute approximate surface area is 160 Å². The van der Waals surface area contributed by atoms with Crippen LogP contribution in [0.4, 0.5) is 4.39 Å². The molecule has 3 rings (SSSR count). The summed E-state index contributed by atoms with van der Waals surface area (Å²) in [5.41, 5.74) is 3.28. The summed E-state index contributed by atoms with van der Waals surface area (Å²) in [6, 6.07) is 9.96. The summed E-state index contributed by atoms with van der Waals surface area (Å²) in [7, 11) is -3.65. The van der Waals surface area contributed by atoms with Crippen molar-refractivity contribution in [3.05, 3.63) is 64.5 Å². The Bertz CT molecular complexity index is 917. The molecule has 27 heavy (non-hydrogen) atoms. The fourth-order valence-electron chi connectivity index (χ4n) is 3.67. The van der Waals surface area contributed by atoms with E-state index in [4.69, 9.17) is 4.74 Å². The van der Waals surface area contributed by atoms with E-state index in [1.807, 2.05) is 26.8 Å². The Balaban J connectivity index is 1.89. The Morgan fingerprint density at radius 1 is 1.00 bits per heavy atom. The maximum atomic E-state index is 13.4. The Hall–Kier alpha value is -1.76. The minimum absolute atomic E-state index is 0.261. The van der Waals surface area contributed by atoms with Gasteiger partial charge in [-0.1, -0.05) is 18.2 Å². The number of ether oxygens (including phenoxy) is 1. The van der Waals surface area contributed by atoms with E-state index in [-0.39, 0.29) is 12.4 Å². The van der Waals surface area contributed by atoms with E-state index in [0.717, 1.165) is 22.3 Å². The predicted octanol–water partition coefficient (Wildman–Crippen LogP) is 3.78. The molecule has 0 atom stereocenters. The second kappa shape index (κ2) is 7.70. The molecular weight excluding hydrogens is 365 g/mol. The monoisotopic (exact) mass is 391 g/mol. The van der Waals surface area contributed by atoms with Gasteiger partial charge in [0.15, 0.2) is 0 Å². The van der Waals surface area contributed by atoms with Crippen molar-refractivity contribution in [2.24, 2.45) is 0 Å². The van der Waals surface area contributed by atoms with Crippen LogP contribution in [0.5, 0.6) is 0 Å². The number of hydrogen-bond acceptors (Lipinski definition) is 3. The van der Waals surface area contributed by atoms with Gasteiger partial charge in [0.2, 0.25) is 10.0 Å². The van der Waals surface area contributed by atoms with Crippen molar-refractivity contribution in [3.8, 4) is 0 Å². The van der Waals surface area contributed by atoms with Crippen LogP contribution in [0.2, 0.25) is 0 Å². The zero-order valence-corrected chi connectivity index (χ0v) is 16.8. The first kappa shape index (κ1) is 20.0. The number of aryl methyl sites for hydroxylation is 3. The van der Waals surface area contributed by atoms with E-state index >= 15 is 0 Å². The number of hydrogen-bond donors (Lipinski definition) is 1. The van der Waals surface area contributed by atoms with E-state index in [0.29, 0.717) is 31.0 Å². The first-order valence-electron chi connectivity index (χ1n) is 9.15. The molecule has 1 aliphatic heterocycles. The average molecular weight is 392 g/mol. The van der Waals surface area contributed by atoms with Gasteiger partial charge in [-0.2, -0.15) is 0 Å². The van der Waals surface area contributed by atoms with Crippen molar-refractivity contribution in [1.82, 2.24) is 4.72 Å². The largest absolute Gasteiger partial charge is 0.381 e. The summed E-state index contributed by atoms with van der Waals surface area (Å²) in [4.78, 5) is 0.312. The number of rotatable bonds is 5. The minimum atomic E-state index is -3.65. The van der Waals surface area contributed by atoms with Gasteiger partial charge >= 0.3 is 0 Å². The molecule has 4 nitrogen and oxygen atoms in total. The summed E-state index contributed by atoms with van der Waals surface area (Å²) in [5.74, 6) is -0.299. The minimum Gasteiger partial charge on any atom is -0.381 e. The molecule has 1 N–H and O–H groups in total. The van der Waals surface area contributed by atoms with Crippen molar-refractivity contribution < 1.29 is 17.5 Å². The van der Waals surface area contributed by atoms with Gasteiger partial charge in [0, 0.05) is 25.2 Å². The van der Waals surface area contributed by atoms with Crippen molar-refractivity contribution in [2.45, 2.75) is 43.9 Å². The van der Waals surface area contributed by atoms with Gasteiger partial charge < -0.3 is 4.74 Å². The van der Waals surface area contributed by atoms with Gasteiger partial charge in [0.1, 0.15) is 5.82 Å². The van der Waals surface area contributed by atoms with Crippen molar-refractivity contribution in [2.75, 3.05) is 19.8 Å². The van der Waals surface area contributed by atoms with E-state index in [1.54, 1.807) is 18.2 Å². The van der Waals surface area contributed by atoms with Gasteiger partial charge in [0.05, 0.1) is 4.90 Å². The van der Waals surface area contributed by atoms with E-state index in [9.17, 15) is 12.8 Å². The van der Waals surface area contributed by atoms with Crippen LogP contribution in [0.3, 0.4) is 0 Å². The third kappa shape index (κ3) is 4.23. The number of benzene rings is 2. The quantitative estimate of drug-likeness (QED) is 0.844. The van der Waals surface area contributed by atoms with Crippen LogP contribution in [0.1, 0.15) is 35.1 Å². The first-order chi connectivity index (χ1) is 12.7. The summed E-state index contributed by atoms with van der Waals surface area (Å²) in [6.45, 7) is 7.06. The molecular formula is C21H26FNO3S. The van der Waals surface area contributed by atoms with Gasteiger partial charge in [0.25, 0.3) is 0 Å². The van der Waals surface area contributed by atoms with Crippen LogP contribution >= 0.6 is 0 Å². The molecule has 0 spiro atoms. The molecule has 0 unspecified atom stereocenters. The van der Waals surface area contributed by atoms with Crippen LogP contribution in [0.15, 0.2) is 41.3 Å². The predicted molar refractivity (Wildman–Crippen MR) is 104 cm³/mol. The summed E-state index contributed by atoms with van der Waals surface area (Å²) >= 11 is 0. The molecule has 6 heteroatoms. The molecule has 0 aromatic heterocycles. The number of nitrogens with one attached hydrogen (secondary N) is 1. The highest BCUT2D eigenvalue weighted by molar-refractivity contribution is 7.89. The van der Waals surface area contributed by atoms with Gasteiger partial charge in [-0.15, -0.1) is 0 Å². The van der Waals surface area contributed by atoms with Crippen molar-refractivity contribution in [3.63, 3.8) is 0 Å². The lowest BCUT2D eigenvalue weighted by atomic mass is 9.74. The van der Waals surface area contributed by atoms with E-state index in [2.05, 4.69) is 4.72 Å². The molecule has 0 bridgehead atoms. The molecule has 0 aliphatic carbocycles. The second-order valence-electron chi connectivity index (χ2n) is 7.43. The second-order valence-corrected chi connectivity index (χ2v) is 9.16. The SMILES string of the molecule is Cc1cc(C)c(S(=O)(=O)NCC2(c3ccc(F)cc3)CCOCC2)cc1C. The zero-order valence-electron chi connectivity index (χ0n) is 16.0. The summed E-state index contributed by atoms with van der Waals surface area (Å²) in [6.07, 6.45) is 1.38. The molecule has 0 radical (unpaired) electrons. The first-order valence-corrected chi connectivity index (χ1v) is 10.6. The highest BCUT2D eigenvalue weighted by atomic mass is 32.2. The third-order valence-electron chi connectivity index (χ3n) is 5.59. The molecule has 2 aromatic rings. The van der Waals surface area contributed by atoms with Crippen LogP contribution < -0.4 is 4.72 Å². The molecule has 1 saturated heterocycles. The zero-order chi connectivity index (χ0) is 19.7. The van der Waals surface area contributed by atoms with Crippen molar-refractivity contribution >= 4 is 10.0 Å². The van der Waals surface area contributed by atoms with Crippen molar-refractivity contribution in [1.29, 1.82) is 0 Å². The molecule has 0 saturated carbocycles. The van der Waals surface area contributed by atoms with Crippen LogP contribution in [-0.2, 0) is 20.2 Å². The highest BCUT2D eigenvalue weighted by Crippen LogP contribution is 2.35. The van der Waals surface area contributed by atoms with Gasteiger partial charge in [-0.3, -0.25) is 0 Å². The lowest BCUT2D eigenvalue weighted by Gasteiger charge is -2.38. The summed E-state index contributed by atoms with van der Waals surface area (Å²) < 4.78 is 47.6. The molecule has 0 amide bonds. The molecule has 2 aromatic carbocycles. The lowest BCUT2D eigenvalue weighted by Crippen LogP contribution is -2.44. The Morgan fingerprint density at radius 3 is 2.22 bits per heavy atom. The molecule has 1 aliphatic rings. The van der Waals surface area contributed by atoms with E-state index < -0.39 is 15.4 Å². The van der Waals surface area contributed by atoms with E-state index in [1.165, 1.54) is 12.1 Å². The highest BCUT2D eigenvalue weighted by Gasteiger charge is 2.36. The molecule has 1 heterocycles. The summed E-state index contributed by atoms with van der Waals surface area (Å²) in [5, 5.41) is 0. The fourth-order valence-corrected chi connectivity index (χ4v) is 5.10. The Kier molecular flexibility index (Phi) is 5.70. The maximum absolute atomic E-state index is 13.4.